The highest BCUT2D eigenvalue weighted by Crippen LogP contribution is 2.34. The van der Waals surface area contributed by atoms with Crippen molar-refractivity contribution in [1.29, 1.82) is 0 Å². The van der Waals surface area contributed by atoms with Gasteiger partial charge < -0.3 is 9.47 Å². The average Bonchev–Trinajstić information content (AvgIpc) is 2.99. The number of benzene rings is 1. The highest BCUT2D eigenvalue weighted by molar-refractivity contribution is 5.83. The molecule has 108 valence electrons. The van der Waals surface area contributed by atoms with Crippen LogP contribution in [0.1, 0.15) is 36.8 Å². The largest absolute Gasteiger partial charge is 0.467 e. The maximum atomic E-state index is 12.5. The van der Waals surface area contributed by atoms with E-state index in [1.807, 2.05) is 24.3 Å². The third-order valence-electron chi connectivity index (χ3n) is 4.39. The van der Waals surface area contributed by atoms with E-state index in [4.69, 9.17) is 9.47 Å². The van der Waals surface area contributed by atoms with Gasteiger partial charge in [-0.15, -0.1) is 0 Å². The minimum Gasteiger partial charge on any atom is -0.467 e. The molecule has 0 bridgehead atoms. The summed E-state index contributed by atoms with van der Waals surface area (Å²) in [6, 6.07) is 8.34. The van der Waals surface area contributed by atoms with Crippen LogP contribution in [0, 0.1) is 0 Å². The molecule has 1 fully saturated rings. The molecule has 1 saturated carbocycles. The van der Waals surface area contributed by atoms with Crippen molar-refractivity contribution in [2.75, 3.05) is 13.7 Å². The molecule has 1 aliphatic carbocycles. The van der Waals surface area contributed by atoms with Crippen LogP contribution in [0.5, 0.6) is 0 Å². The minimum absolute atomic E-state index is 0.253. The van der Waals surface area contributed by atoms with E-state index in [1.165, 1.54) is 20.0 Å². The molecular weight excluding hydrogens is 254 g/mol. The van der Waals surface area contributed by atoms with E-state index in [9.17, 15) is 4.79 Å². The lowest BCUT2D eigenvalue weighted by molar-refractivity contribution is -0.154. The fourth-order valence-electron chi connectivity index (χ4n) is 3.39. The van der Waals surface area contributed by atoms with Crippen molar-refractivity contribution < 1.29 is 14.3 Å². The molecule has 2 aliphatic rings. The highest BCUT2D eigenvalue weighted by atomic mass is 16.5. The van der Waals surface area contributed by atoms with Crippen LogP contribution in [-0.2, 0) is 26.4 Å². The molecule has 0 radical (unpaired) electrons. The van der Waals surface area contributed by atoms with Crippen LogP contribution >= 0.6 is 0 Å². The Morgan fingerprint density at radius 1 is 1.35 bits per heavy atom. The smallest absolute Gasteiger partial charge is 0.333 e. The molecule has 1 heterocycles. The second kappa shape index (κ2) is 5.54. The number of methoxy groups -OCH3 is 1. The van der Waals surface area contributed by atoms with E-state index in [2.05, 4.69) is 5.32 Å². The summed E-state index contributed by atoms with van der Waals surface area (Å²) in [5.74, 6) is -0.253. The molecule has 20 heavy (non-hydrogen) atoms. The van der Waals surface area contributed by atoms with E-state index >= 15 is 0 Å². The fourth-order valence-corrected chi connectivity index (χ4v) is 3.39. The first-order chi connectivity index (χ1) is 9.76. The second-order valence-electron chi connectivity index (χ2n) is 5.67. The van der Waals surface area contributed by atoms with Crippen LogP contribution in [0.4, 0.5) is 0 Å². The summed E-state index contributed by atoms with van der Waals surface area (Å²) in [5.41, 5.74) is 1.22. The van der Waals surface area contributed by atoms with E-state index < -0.39 is 5.54 Å². The number of nitrogens with one attached hydrogen (secondary N) is 1. The molecule has 1 aromatic carbocycles. The molecule has 1 aliphatic heterocycles. The second-order valence-corrected chi connectivity index (χ2v) is 5.67. The number of hydrogen-bond donors (Lipinski definition) is 1. The summed E-state index contributed by atoms with van der Waals surface area (Å²) in [6.45, 7) is 0.897. The SMILES string of the molecule is COC(=O)C1(NC2CCCC2)COCc2ccccc21. The Morgan fingerprint density at radius 3 is 2.85 bits per heavy atom. The van der Waals surface area contributed by atoms with Gasteiger partial charge in [-0.1, -0.05) is 37.1 Å². The van der Waals surface area contributed by atoms with Crippen molar-refractivity contribution in [1.82, 2.24) is 5.32 Å². The normalized spacial score (nSPS) is 26.2. The molecule has 1 atom stereocenters. The van der Waals surface area contributed by atoms with Crippen molar-refractivity contribution in [2.45, 2.75) is 43.9 Å². The van der Waals surface area contributed by atoms with Gasteiger partial charge in [-0.2, -0.15) is 0 Å². The number of ether oxygens (including phenoxy) is 2. The maximum Gasteiger partial charge on any atom is 0.333 e. The molecule has 0 amide bonds. The fraction of sp³-hybridized carbons (Fsp3) is 0.562. The lowest BCUT2D eigenvalue weighted by Gasteiger charge is -2.39. The molecule has 1 N–H and O–H groups in total. The van der Waals surface area contributed by atoms with Gasteiger partial charge in [-0.3, -0.25) is 5.32 Å². The van der Waals surface area contributed by atoms with Gasteiger partial charge >= 0.3 is 5.97 Å². The molecule has 0 saturated heterocycles. The number of esters is 1. The molecule has 1 unspecified atom stereocenters. The lowest BCUT2D eigenvalue weighted by atomic mass is 9.84. The Bertz CT molecular complexity index is 496. The monoisotopic (exact) mass is 275 g/mol. The Morgan fingerprint density at radius 2 is 2.10 bits per heavy atom. The minimum atomic E-state index is -0.849. The van der Waals surface area contributed by atoms with Crippen molar-refractivity contribution in [3.63, 3.8) is 0 Å². The Kier molecular flexibility index (Phi) is 3.76. The zero-order valence-electron chi connectivity index (χ0n) is 11.9. The van der Waals surface area contributed by atoms with Crippen molar-refractivity contribution >= 4 is 5.97 Å². The van der Waals surface area contributed by atoms with Gasteiger partial charge in [0.05, 0.1) is 20.3 Å². The summed E-state index contributed by atoms with van der Waals surface area (Å²) < 4.78 is 10.8. The zero-order valence-corrected chi connectivity index (χ0v) is 11.9. The van der Waals surface area contributed by atoms with Gasteiger partial charge in [0.2, 0.25) is 0 Å². The van der Waals surface area contributed by atoms with Crippen LogP contribution in [0.15, 0.2) is 24.3 Å². The first kappa shape index (κ1) is 13.6. The van der Waals surface area contributed by atoms with Crippen LogP contribution < -0.4 is 5.32 Å². The Hall–Kier alpha value is -1.39. The average molecular weight is 275 g/mol. The van der Waals surface area contributed by atoms with Crippen LogP contribution in [-0.4, -0.2) is 25.7 Å². The lowest BCUT2D eigenvalue weighted by Crippen LogP contribution is -2.58. The van der Waals surface area contributed by atoms with E-state index in [-0.39, 0.29) is 5.97 Å². The van der Waals surface area contributed by atoms with E-state index in [0.29, 0.717) is 19.3 Å². The number of fused-ring (bicyclic) bond motifs is 1. The Labute approximate surface area is 119 Å². The summed E-state index contributed by atoms with van der Waals surface area (Å²) in [4.78, 5) is 12.5. The van der Waals surface area contributed by atoms with Crippen molar-refractivity contribution in [3.8, 4) is 0 Å². The van der Waals surface area contributed by atoms with Crippen molar-refractivity contribution in [2.24, 2.45) is 0 Å². The number of hydrogen-bond acceptors (Lipinski definition) is 4. The van der Waals surface area contributed by atoms with Crippen LogP contribution in [0.3, 0.4) is 0 Å². The number of carbonyl (C=O) groups excluding carboxylic acids is 1. The topological polar surface area (TPSA) is 47.6 Å². The van der Waals surface area contributed by atoms with Gasteiger partial charge in [0.1, 0.15) is 0 Å². The Balaban J connectivity index is 2.00. The van der Waals surface area contributed by atoms with E-state index in [1.54, 1.807) is 0 Å². The molecule has 4 nitrogen and oxygen atoms in total. The van der Waals surface area contributed by atoms with E-state index in [0.717, 1.165) is 24.0 Å². The molecule has 4 heteroatoms. The standard InChI is InChI=1S/C16H21NO3/c1-19-15(18)16(17-13-7-3-4-8-13)11-20-10-12-6-2-5-9-14(12)16/h2,5-6,9,13,17H,3-4,7-8,10-11H2,1H3. The molecule has 1 aromatic rings. The van der Waals surface area contributed by atoms with Gasteiger partial charge in [0.25, 0.3) is 0 Å². The molecule has 0 aromatic heterocycles. The quantitative estimate of drug-likeness (QED) is 0.858. The van der Waals surface area contributed by atoms with Gasteiger partial charge in [-0.25, -0.2) is 4.79 Å². The predicted molar refractivity (Wildman–Crippen MR) is 75.2 cm³/mol. The first-order valence-corrected chi connectivity index (χ1v) is 7.28. The molecule has 0 spiro atoms. The third-order valence-corrected chi connectivity index (χ3v) is 4.39. The first-order valence-electron chi connectivity index (χ1n) is 7.28. The summed E-state index contributed by atoms with van der Waals surface area (Å²) in [6.07, 6.45) is 4.66. The summed E-state index contributed by atoms with van der Waals surface area (Å²) in [7, 11) is 1.44. The van der Waals surface area contributed by atoms with Gasteiger partial charge in [0.15, 0.2) is 5.54 Å². The summed E-state index contributed by atoms with van der Waals surface area (Å²) in [5, 5.41) is 3.54. The van der Waals surface area contributed by atoms with Gasteiger partial charge in [-0.05, 0) is 24.0 Å². The summed E-state index contributed by atoms with van der Waals surface area (Å²) >= 11 is 0. The van der Waals surface area contributed by atoms with Crippen LogP contribution in [0.2, 0.25) is 0 Å². The zero-order chi connectivity index (χ0) is 14.0. The highest BCUT2D eigenvalue weighted by Gasteiger charge is 2.46. The molecular formula is C16H21NO3. The molecule has 3 rings (SSSR count). The van der Waals surface area contributed by atoms with Crippen molar-refractivity contribution in [3.05, 3.63) is 35.4 Å². The maximum absolute atomic E-state index is 12.5. The third kappa shape index (κ3) is 2.23. The predicted octanol–water partition coefficient (Wildman–Crippen LogP) is 2.12. The number of rotatable bonds is 3. The number of carbonyl (C=O) groups is 1. The van der Waals surface area contributed by atoms with Gasteiger partial charge in [0, 0.05) is 6.04 Å². The van der Waals surface area contributed by atoms with Crippen LogP contribution in [0.25, 0.3) is 0 Å².